The number of benzene rings is 2. The molecule has 20 heavy (non-hydrogen) atoms. The fourth-order valence-electron chi connectivity index (χ4n) is 2.40. The van der Waals surface area contributed by atoms with E-state index in [9.17, 15) is 0 Å². The summed E-state index contributed by atoms with van der Waals surface area (Å²) in [6.07, 6.45) is 2.28. The average molecular weight is 308 g/mol. The monoisotopic (exact) mass is 307 g/mol. The van der Waals surface area contributed by atoms with E-state index < -0.39 is 0 Å². The minimum Gasteiger partial charge on any atom is -0.309 e. The largest absolute Gasteiger partial charge is 0.309 e. The first-order valence-electron chi connectivity index (χ1n) is 6.86. The Balaban J connectivity index is 2.31. The molecule has 2 aromatic rings. The highest BCUT2D eigenvalue weighted by Crippen LogP contribution is 2.30. The van der Waals surface area contributed by atoms with Crippen molar-refractivity contribution in [3.8, 4) is 0 Å². The zero-order chi connectivity index (χ0) is 14.5. The normalized spacial score (nSPS) is 12.4. The Kier molecular flexibility index (Phi) is 5.47. The van der Waals surface area contributed by atoms with Crippen molar-refractivity contribution in [2.45, 2.75) is 25.8 Å². The Bertz CT molecular complexity index is 564. The van der Waals surface area contributed by atoms with E-state index in [1.165, 1.54) is 11.1 Å². The third kappa shape index (κ3) is 3.54. The molecule has 3 heteroatoms. The van der Waals surface area contributed by atoms with E-state index in [0.29, 0.717) is 10.0 Å². The van der Waals surface area contributed by atoms with Crippen LogP contribution < -0.4 is 5.32 Å². The van der Waals surface area contributed by atoms with Gasteiger partial charge in [0.05, 0.1) is 6.04 Å². The van der Waals surface area contributed by atoms with E-state index >= 15 is 0 Å². The van der Waals surface area contributed by atoms with Crippen molar-refractivity contribution in [2.75, 3.05) is 7.05 Å². The number of rotatable bonds is 5. The van der Waals surface area contributed by atoms with E-state index in [1.807, 2.05) is 19.2 Å². The molecule has 1 unspecified atom stereocenters. The van der Waals surface area contributed by atoms with Crippen molar-refractivity contribution in [1.82, 2.24) is 5.32 Å². The molecule has 0 radical (unpaired) electrons. The molecule has 0 aromatic heterocycles. The summed E-state index contributed by atoms with van der Waals surface area (Å²) in [7, 11) is 1.94. The van der Waals surface area contributed by atoms with Gasteiger partial charge < -0.3 is 5.32 Å². The minimum atomic E-state index is 0.0791. The van der Waals surface area contributed by atoms with Crippen LogP contribution in [0.3, 0.4) is 0 Å². The molecular weight excluding hydrogens is 289 g/mol. The quantitative estimate of drug-likeness (QED) is 0.795. The van der Waals surface area contributed by atoms with Crippen LogP contribution in [-0.2, 0) is 6.42 Å². The molecule has 0 bridgehead atoms. The van der Waals surface area contributed by atoms with Gasteiger partial charge in [0.25, 0.3) is 0 Å². The maximum atomic E-state index is 6.31. The SMILES string of the molecule is CCCc1ccc(C(NC)c2ccc(Cl)cc2Cl)cc1. The molecule has 1 atom stereocenters. The second-order valence-corrected chi connectivity index (χ2v) is 5.72. The van der Waals surface area contributed by atoms with E-state index in [2.05, 4.69) is 36.5 Å². The van der Waals surface area contributed by atoms with Crippen LogP contribution in [0.15, 0.2) is 42.5 Å². The molecular formula is C17H19Cl2N. The second kappa shape index (κ2) is 7.12. The molecule has 0 aliphatic rings. The number of hydrogen-bond donors (Lipinski definition) is 1. The summed E-state index contributed by atoms with van der Waals surface area (Å²) in [6, 6.07) is 14.4. The maximum Gasteiger partial charge on any atom is 0.0589 e. The molecule has 0 saturated carbocycles. The van der Waals surface area contributed by atoms with Gasteiger partial charge in [-0.1, -0.05) is 66.9 Å². The number of hydrogen-bond acceptors (Lipinski definition) is 1. The highest BCUT2D eigenvalue weighted by atomic mass is 35.5. The Morgan fingerprint density at radius 1 is 1.05 bits per heavy atom. The molecule has 0 aliphatic carbocycles. The Morgan fingerprint density at radius 2 is 1.75 bits per heavy atom. The molecule has 106 valence electrons. The lowest BCUT2D eigenvalue weighted by molar-refractivity contribution is 0.691. The molecule has 0 heterocycles. The van der Waals surface area contributed by atoms with Crippen LogP contribution in [0.1, 0.15) is 36.1 Å². The molecule has 0 aliphatic heterocycles. The summed E-state index contributed by atoms with van der Waals surface area (Å²) >= 11 is 12.3. The smallest absolute Gasteiger partial charge is 0.0589 e. The van der Waals surface area contributed by atoms with E-state index in [-0.39, 0.29) is 6.04 Å². The molecule has 1 nitrogen and oxygen atoms in total. The third-order valence-corrected chi connectivity index (χ3v) is 3.98. The van der Waals surface area contributed by atoms with Gasteiger partial charge in [-0.3, -0.25) is 0 Å². The molecule has 0 fully saturated rings. The van der Waals surface area contributed by atoms with Crippen molar-refractivity contribution >= 4 is 23.2 Å². The summed E-state index contributed by atoms with van der Waals surface area (Å²) in [4.78, 5) is 0. The Hall–Kier alpha value is -1.02. The van der Waals surface area contributed by atoms with Crippen LogP contribution in [-0.4, -0.2) is 7.05 Å². The van der Waals surface area contributed by atoms with Gasteiger partial charge in [-0.05, 0) is 42.3 Å². The van der Waals surface area contributed by atoms with Crippen molar-refractivity contribution < 1.29 is 0 Å². The summed E-state index contributed by atoms with van der Waals surface area (Å²) in [5.41, 5.74) is 3.62. The van der Waals surface area contributed by atoms with Crippen molar-refractivity contribution in [2.24, 2.45) is 0 Å². The molecule has 0 spiro atoms. The predicted octanol–water partition coefficient (Wildman–Crippen LogP) is 5.25. The van der Waals surface area contributed by atoms with Crippen LogP contribution in [0, 0.1) is 0 Å². The maximum absolute atomic E-state index is 6.31. The first kappa shape index (κ1) is 15.4. The van der Waals surface area contributed by atoms with Crippen LogP contribution in [0.2, 0.25) is 10.0 Å². The molecule has 1 N–H and O–H groups in total. The van der Waals surface area contributed by atoms with Gasteiger partial charge in [0.15, 0.2) is 0 Å². The van der Waals surface area contributed by atoms with Crippen molar-refractivity contribution in [3.63, 3.8) is 0 Å². The summed E-state index contributed by atoms with van der Waals surface area (Å²) < 4.78 is 0. The lowest BCUT2D eigenvalue weighted by Gasteiger charge is -2.19. The van der Waals surface area contributed by atoms with E-state index in [4.69, 9.17) is 23.2 Å². The van der Waals surface area contributed by atoms with Gasteiger partial charge in [0.1, 0.15) is 0 Å². The van der Waals surface area contributed by atoms with Crippen molar-refractivity contribution in [1.29, 1.82) is 0 Å². The minimum absolute atomic E-state index is 0.0791. The Morgan fingerprint density at radius 3 is 2.30 bits per heavy atom. The zero-order valence-electron chi connectivity index (χ0n) is 11.8. The van der Waals surface area contributed by atoms with E-state index in [1.54, 1.807) is 6.07 Å². The van der Waals surface area contributed by atoms with Gasteiger partial charge in [-0.25, -0.2) is 0 Å². The van der Waals surface area contributed by atoms with Gasteiger partial charge in [-0.15, -0.1) is 0 Å². The Labute approximate surface area is 130 Å². The first-order valence-corrected chi connectivity index (χ1v) is 7.62. The average Bonchev–Trinajstić information content (AvgIpc) is 2.44. The second-order valence-electron chi connectivity index (χ2n) is 4.88. The third-order valence-electron chi connectivity index (χ3n) is 3.41. The summed E-state index contributed by atoms with van der Waals surface area (Å²) in [5.74, 6) is 0. The molecule has 2 aromatic carbocycles. The fourth-order valence-corrected chi connectivity index (χ4v) is 2.92. The van der Waals surface area contributed by atoms with Gasteiger partial charge in [-0.2, -0.15) is 0 Å². The molecule has 0 amide bonds. The van der Waals surface area contributed by atoms with Gasteiger partial charge in [0, 0.05) is 10.0 Å². The van der Waals surface area contributed by atoms with Crippen LogP contribution in [0.25, 0.3) is 0 Å². The number of aryl methyl sites for hydroxylation is 1. The summed E-state index contributed by atoms with van der Waals surface area (Å²) in [5, 5.41) is 4.67. The summed E-state index contributed by atoms with van der Waals surface area (Å²) in [6.45, 7) is 2.19. The number of nitrogens with one attached hydrogen (secondary N) is 1. The molecule has 2 rings (SSSR count). The predicted molar refractivity (Wildman–Crippen MR) is 87.8 cm³/mol. The molecule has 0 saturated heterocycles. The lowest BCUT2D eigenvalue weighted by atomic mass is 9.97. The van der Waals surface area contributed by atoms with Crippen LogP contribution in [0.4, 0.5) is 0 Å². The highest BCUT2D eigenvalue weighted by molar-refractivity contribution is 6.35. The zero-order valence-corrected chi connectivity index (χ0v) is 13.3. The van der Waals surface area contributed by atoms with Crippen LogP contribution >= 0.6 is 23.2 Å². The highest BCUT2D eigenvalue weighted by Gasteiger charge is 2.15. The van der Waals surface area contributed by atoms with E-state index in [0.717, 1.165) is 18.4 Å². The number of halogens is 2. The first-order chi connectivity index (χ1) is 9.65. The van der Waals surface area contributed by atoms with Crippen molar-refractivity contribution in [3.05, 3.63) is 69.2 Å². The van der Waals surface area contributed by atoms with Gasteiger partial charge >= 0.3 is 0 Å². The lowest BCUT2D eigenvalue weighted by Crippen LogP contribution is -2.18. The van der Waals surface area contributed by atoms with Crippen LogP contribution in [0.5, 0.6) is 0 Å². The topological polar surface area (TPSA) is 12.0 Å². The van der Waals surface area contributed by atoms with Gasteiger partial charge in [0.2, 0.25) is 0 Å². The standard InChI is InChI=1S/C17H19Cl2N/c1-3-4-12-5-7-13(8-6-12)17(20-2)15-10-9-14(18)11-16(15)19/h5-11,17,20H,3-4H2,1-2H3. The fraction of sp³-hybridized carbons (Fsp3) is 0.294.